The van der Waals surface area contributed by atoms with Crippen molar-refractivity contribution in [2.45, 2.75) is 6.54 Å². The van der Waals surface area contributed by atoms with Crippen LogP contribution in [0.15, 0.2) is 95.5 Å². The predicted octanol–water partition coefficient (Wildman–Crippen LogP) is 4.90. The predicted molar refractivity (Wildman–Crippen MR) is 110 cm³/mol. The lowest BCUT2D eigenvalue weighted by molar-refractivity contribution is 0.616. The van der Waals surface area contributed by atoms with E-state index in [0.29, 0.717) is 0 Å². The van der Waals surface area contributed by atoms with Crippen LogP contribution in [-0.4, -0.2) is 6.85 Å². The summed E-state index contributed by atoms with van der Waals surface area (Å²) in [7, 11) is 0. The van der Waals surface area contributed by atoms with Crippen LogP contribution in [0.1, 0.15) is 11.1 Å². The van der Waals surface area contributed by atoms with Gasteiger partial charge in [-0.15, -0.1) is 0 Å². The Morgan fingerprint density at radius 3 is 2.62 bits per heavy atom. The molecule has 0 saturated heterocycles. The van der Waals surface area contributed by atoms with E-state index in [-0.39, 0.29) is 6.85 Å². The zero-order valence-electron chi connectivity index (χ0n) is 14.4. The fourth-order valence-corrected chi connectivity index (χ4v) is 3.77. The summed E-state index contributed by atoms with van der Waals surface area (Å²) in [5.41, 5.74) is 6.07. The van der Waals surface area contributed by atoms with Crippen molar-refractivity contribution in [1.82, 2.24) is 0 Å². The molecular formula is C23H18BNO. The molecule has 0 spiro atoms. The van der Waals surface area contributed by atoms with Crippen molar-refractivity contribution in [3.63, 3.8) is 0 Å². The quantitative estimate of drug-likeness (QED) is 0.495. The number of rotatable bonds is 3. The minimum atomic E-state index is 0.228. The second-order valence-corrected chi connectivity index (χ2v) is 6.69. The fourth-order valence-electron chi connectivity index (χ4n) is 3.77. The number of furan rings is 1. The highest BCUT2D eigenvalue weighted by molar-refractivity contribution is 6.82. The SMILES string of the molecule is C1=Cc2ccccc2N(Cc2ccc3occc3c2)B1c1ccccc1. The van der Waals surface area contributed by atoms with Gasteiger partial charge in [-0.2, -0.15) is 0 Å². The first-order valence-electron chi connectivity index (χ1n) is 8.93. The molecular weight excluding hydrogens is 317 g/mol. The van der Waals surface area contributed by atoms with Gasteiger partial charge < -0.3 is 9.23 Å². The van der Waals surface area contributed by atoms with Crippen LogP contribution < -0.4 is 10.3 Å². The molecule has 5 rings (SSSR count). The Hall–Kier alpha value is -3.20. The van der Waals surface area contributed by atoms with E-state index in [4.69, 9.17) is 4.42 Å². The third kappa shape index (κ3) is 2.62. The van der Waals surface area contributed by atoms with Crippen molar-refractivity contribution in [3.8, 4) is 0 Å². The summed E-state index contributed by atoms with van der Waals surface area (Å²) >= 11 is 0. The van der Waals surface area contributed by atoms with Crippen LogP contribution in [0, 0.1) is 0 Å². The molecule has 4 aromatic rings. The Morgan fingerprint density at radius 2 is 1.69 bits per heavy atom. The molecule has 0 aliphatic carbocycles. The van der Waals surface area contributed by atoms with Crippen molar-refractivity contribution in [3.05, 3.63) is 102 Å². The number of benzene rings is 3. The highest BCUT2D eigenvalue weighted by Gasteiger charge is 2.27. The van der Waals surface area contributed by atoms with E-state index < -0.39 is 0 Å². The minimum absolute atomic E-state index is 0.228. The van der Waals surface area contributed by atoms with E-state index in [1.54, 1.807) is 6.26 Å². The molecule has 0 amide bonds. The van der Waals surface area contributed by atoms with Crippen LogP contribution in [0.25, 0.3) is 17.0 Å². The summed E-state index contributed by atoms with van der Waals surface area (Å²) < 4.78 is 5.48. The molecule has 0 bridgehead atoms. The van der Waals surface area contributed by atoms with E-state index in [1.807, 2.05) is 6.07 Å². The Morgan fingerprint density at radius 1 is 0.846 bits per heavy atom. The summed E-state index contributed by atoms with van der Waals surface area (Å²) in [6, 6.07) is 27.8. The second kappa shape index (κ2) is 6.27. The van der Waals surface area contributed by atoms with Crippen LogP contribution >= 0.6 is 0 Å². The molecule has 124 valence electrons. The third-order valence-electron chi connectivity index (χ3n) is 5.05. The van der Waals surface area contributed by atoms with E-state index in [9.17, 15) is 0 Å². The lowest BCUT2D eigenvalue weighted by Gasteiger charge is -2.34. The van der Waals surface area contributed by atoms with Crippen molar-refractivity contribution in [1.29, 1.82) is 0 Å². The van der Waals surface area contributed by atoms with Gasteiger partial charge in [-0.05, 0) is 35.4 Å². The number of para-hydroxylation sites is 1. The standard InChI is InChI=1S/C23H18BNO/c1-2-7-21(8-3-1)24-14-12-19-6-4-5-9-22(19)25(24)17-18-10-11-23-20(16-18)13-15-26-23/h1-16H,17H2. The van der Waals surface area contributed by atoms with Gasteiger partial charge in [0.15, 0.2) is 0 Å². The maximum atomic E-state index is 5.48. The highest BCUT2D eigenvalue weighted by atomic mass is 16.3. The molecule has 3 aromatic carbocycles. The molecule has 0 radical (unpaired) electrons. The van der Waals surface area contributed by atoms with Crippen LogP contribution in [0.3, 0.4) is 0 Å². The Labute approximate surface area is 153 Å². The van der Waals surface area contributed by atoms with E-state index in [0.717, 1.165) is 17.5 Å². The molecule has 0 N–H and O–H groups in total. The number of hydrogen-bond acceptors (Lipinski definition) is 2. The largest absolute Gasteiger partial charge is 0.464 e. The van der Waals surface area contributed by atoms with Crippen molar-refractivity contribution in [2.75, 3.05) is 4.81 Å². The van der Waals surface area contributed by atoms with Crippen LogP contribution in [0.5, 0.6) is 0 Å². The molecule has 1 aromatic heterocycles. The van der Waals surface area contributed by atoms with Gasteiger partial charge in [0, 0.05) is 17.6 Å². The van der Waals surface area contributed by atoms with Crippen LogP contribution in [0.4, 0.5) is 5.69 Å². The Bertz CT molecular complexity index is 1080. The third-order valence-corrected chi connectivity index (χ3v) is 5.05. The maximum absolute atomic E-state index is 5.48. The minimum Gasteiger partial charge on any atom is -0.464 e. The summed E-state index contributed by atoms with van der Waals surface area (Å²) in [5, 5.41) is 1.15. The normalized spacial score (nSPS) is 13.2. The molecule has 2 heterocycles. The summed E-state index contributed by atoms with van der Waals surface area (Å²) in [5.74, 6) is 2.30. The van der Waals surface area contributed by atoms with Gasteiger partial charge in [0.1, 0.15) is 5.58 Å². The molecule has 0 atom stereocenters. The molecule has 0 unspecified atom stereocenters. The van der Waals surface area contributed by atoms with Crippen molar-refractivity contribution >= 4 is 35.0 Å². The van der Waals surface area contributed by atoms with Gasteiger partial charge in [-0.1, -0.05) is 72.1 Å². The number of hydrogen-bond donors (Lipinski definition) is 0. The maximum Gasteiger partial charge on any atom is 0.316 e. The van der Waals surface area contributed by atoms with Gasteiger partial charge >= 0.3 is 6.85 Å². The highest BCUT2D eigenvalue weighted by Crippen LogP contribution is 2.29. The van der Waals surface area contributed by atoms with Crippen molar-refractivity contribution in [2.24, 2.45) is 0 Å². The number of anilines is 1. The molecule has 0 fully saturated rings. The first-order chi connectivity index (χ1) is 12.9. The fraction of sp³-hybridized carbons (Fsp3) is 0.0435. The zero-order valence-corrected chi connectivity index (χ0v) is 14.4. The zero-order chi connectivity index (χ0) is 17.3. The molecule has 2 nitrogen and oxygen atoms in total. The molecule has 3 heteroatoms. The van der Waals surface area contributed by atoms with Crippen LogP contribution in [0.2, 0.25) is 0 Å². The lowest BCUT2D eigenvalue weighted by Crippen LogP contribution is -2.48. The number of nitrogens with zero attached hydrogens (tertiary/aromatic N) is 1. The number of fused-ring (bicyclic) bond motifs is 2. The second-order valence-electron chi connectivity index (χ2n) is 6.69. The van der Waals surface area contributed by atoms with Gasteiger partial charge in [0.2, 0.25) is 0 Å². The molecule has 1 aliphatic heterocycles. The smallest absolute Gasteiger partial charge is 0.316 e. The summed E-state index contributed by atoms with van der Waals surface area (Å²) in [6.45, 7) is 1.08. The monoisotopic (exact) mass is 335 g/mol. The van der Waals surface area contributed by atoms with Gasteiger partial charge in [0.25, 0.3) is 0 Å². The summed E-state index contributed by atoms with van der Waals surface area (Å²) in [6.07, 6.45) is 3.99. The Kier molecular flexibility index (Phi) is 3.64. The first-order valence-corrected chi connectivity index (χ1v) is 8.93. The van der Waals surface area contributed by atoms with Crippen molar-refractivity contribution < 1.29 is 4.42 Å². The molecule has 0 saturated carbocycles. The average molecular weight is 335 g/mol. The first kappa shape index (κ1) is 15.1. The van der Waals surface area contributed by atoms with E-state index in [1.165, 1.54) is 22.3 Å². The van der Waals surface area contributed by atoms with Gasteiger partial charge in [-0.25, -0.2) is 0 Å². The van der Waals surface area contributed by atoms with E-state index in [2.05, 4.69) is 89.7 Å². The van der Waals surface area contributed by atoms with Gasteiger partial charge in [0.05, 0.1) is 6.26 Å². The lowest BCUT2D eigenvalue weighted by atomic mass is 9.52. The molecule has 26 heavy (non-hydrogen) atoms. The topological polar surface area (TPSA) is 16.4 Å². The van der Waals surface area contributed by atoms with E-state index >= 15 is 0 Å². The Balaban J connectivity index is 1.58. The average Bonchev–Trinajstić information content (AvgIpc) is 3.17. The van der Waals surface area contributed by atoms with Crippen LogP contribution in [-0.2, 0) is 6.54 Å². The van der Waals surface area contributed by atoms with Gasteiger partial charge in [-0.3, -0.25) is 0 Å². The summed E-state index contributed by atoms with van der Waals surface area (Å²) in [4.78, 5) is 2.48. The molecule has 1 aliphatic rings.